The molecule has 1 fully saturated rings. The van der Waals surface area contributed by atoms with Crippen molar-refractivity contribution in [3.8, 4) is 0 Å². The number of esters is 2. The van der Waals surface area contributed by atoms with Gasteiger partial charge in [-0.15, -0.1) is 0 Å². The van der Waals surface area contributed by atoms with Crippen molar-refractivity contribution in [1.82, 2.24) is 20.4 Å². The summed E-state index contributed by atoms with van der Waals surface area (Å²) in [6.07, 6.45) is 16.4. The van der Waals surface area contributed by atoms with Gasteiger partial charge in [-0.1, -0.05) is 130 Å². The van der Waals surface area contributed by atoms with Gasteiger partial charge in [0.25, 0.3) is 0 Å². The average Bonchev–Trinajstić information content (AvgIpc) is 3.17. The van der Waals surface area contributed by atoms with Crippen LogP contribution < -0.4 is 10.6 Å². The van der Waals surface area contributed by atoms with Crippen LogP contribution in [0.25, 0.3) is 0 Å². The number of aliphatic hydroxyl groups excluding tert-OH is 4. The van der Waals surface area contributed by atoms with E-state index >= 15 is 0 Å². The van der Waals surface area contributed by atoms with Crippen molar-refractivity contribution < 1.29 is 49.1 Å². The molecule has 1 aliphatic rings. The summed E-state index contributed by atoms with van der Waals surface area (Å²) in [7, 11) is 0. The minimum absolute atomic E-state index is 0.00599. The highest BCUT2D eigenvalue weighted by atomic mass is 16.5. The topological polar surface area (TPSA) is 198 Å². The highest BCUT2D eigenvalue weighted by Crippen LogP contribution is 2.13. The molecule has 1 aliphatic heterocycles. The number of nitrogens with zero attached hydrogens (tertiary/aromatic N) is 2. The molecule has 1 saturated heterocycles. The number of rotatable bonds is 38. The molecule has 1 heterocycles. The van der Waals surface area contributed by atoms with Crippen molar-refractivity contribution in [2.75, 3.05) is 52.5 Å². The molecule has 0 bridgehead atoms. The van der Waals surface area contributed by atoms with Gasteiger partial charge in [0, 0.05) is 39.3 Å². The summed E-state index contributed by atoms with van der Waals surface area (Å²) in [6, 6.07) is -2.32. The van der Waals surface area contributed by atoms with Crippen LogP contribution in [0.4, 0.5) is 0 Å². The van der Waals surface area contributed by atoms with E-state index in [1.807, 2.05) is 9.80 Å². The third-order valence-corrected chi connectivity index (χ3v) is 10.8. The van der Waals surface area contributed by atoms with Gasteiger partial charge < -0.3 is 40.5 Å². The minimum atomic E-state index is -1.16. The van der Waals surface area contributed by atoms with Crippen LogP contribution >= 0.6 is 0 Å². The zero-order chi connectivity index (χ0) is 43.0. The lowest BCUT2D eigenvalue weighted by molar-refractivity contribution is -0.151. The van der Waals surface area contributed by atoms with Crippen LogP contribution in [0.1, 0.15) is 169 Å². The summed E-state index contributed by atoms with van der Waals surface area (Å²) < 4.78 is 10.8. The van der Waals surface area contributed by atoms with Gasteiger partial charge in [0.05, 0.1) is 37.3 Å². The number of ether oxygens (including phenoxy) is 2. The van der Waals surface area contributed by atoms with Crippen molar-refractivity contribution >= 4 is 23.8 Å². The summed E-state index contributed by atoms with van der Waals surface area (Å²) in [6.45, 7) is 10.5. The maximum Gasteiger partial charge on any atom is 0.308 e. The maximum atomic E-state index is 12.9. The molecule has 0 aromatic heterocycles. The van der Waals surface area contributed by atoms with Gasteiger partial charge in [-0.3, -0.25) is 29.0 Å². The first kappa shape index (κ1) is 53.7. The van der Waals surface area contributed by atoms with Crippen LogP contribution in [-0.2, 0) is 28.7 Å². The molecule has 340 valence electrons. The van der Waals surface area contributed by atoms with Crippen molar-refractivity contribution in [3.05, 3.63) is 0 Å². The lowest BCUT2D eigenvalue weighted by atomic mass is 10.1. The van der Waals surface area contributed by atoms with Gasteiger partial charge >= 0.3 is 11.9 Å². The van der Waals surface area contributed by atoms with E-state index in [-0.39, 0.29) is 26.1 Å². The Kier molecular flexibility index (Phi) is 31.8. The molecule has 0 aromatic carbocycles. The molecule has 6 unspecified atom stereocenters. The molecular weight excluding hydrogens is 745 g/mol. The Morgan fingerprint density at radius 2 is 0.776 bits per heavy atom. The summed E-state index contributed by atoms with van der Waals surface area (Å²) >= 11 is 0. The van der Waals surface area contributed by atoms with Gasteiger partial charge in [-0.2, -0.15) is 0 Å². The number of hydrogen-bond donors (Lipinski definition) is 6. The molecule has 0 aromatic rings. The van der Waals surface area contributed by atoms with Crippen LogP contribution in [0.15, 0.2) is 0 Å². The number of amides is 2. The minimum Gasteiger partial charge on any atom is -0.464 e. The molecule has 2 amide bonds. The number of nitrogens with one attached hydrogen (secondary N) is 2. The van der Waals surface area contributed by atoms with E-state index in [2.05, 4.69) is 38.3 Å². The Balaban J connectivity index is 2.59. The molecule has 0 radical (unpaired) electrons. The van der Waals surface area contributed by atoms with Crippen molar-refractivity contribution in [2.45, 2.75) is 205 Å². The number of carbonyl (C=O) groups excluding carboxylic acids is 4. The predicted molar refractivity (Wildman–Crippen MR) is 227 cm³/mol. The molecule has 14 nitrogen and oxygen atoms in total. The van der Waals surface area contributed by atoms with Gasteiger partial charge in [-0.05, 0) is 25.7 Å². The molecule has 6 atom stereocenters. The van der Waals surface area contributed by atoms with Crippen LogP contribution in [-0.4, -0.2) is 143 Å². The quantitative estimate of drug-likeness (QED) is 0.0369. The maximum absolute atomic E-state index is 12.9. The molecule has 14 heteroatoms. The first-order valence-corrected chi connectivity index (χ1v) is 23.0. The highest BCUT2D eigenvalue weighted by molar-refractivity contribution is 6.00. The van der Waals surface area contributed by atoms with Gasteiger partial charge in [0.15, 0.2) is 0 Å². The molecule has 6 N–H and O–H groups in total. The van der Waals surface area contributed by atoms with Crippen molar-refractivity contribution in [2.24, 2.45) is 0 Å². The first-order chi connectivity index (χ1) is 27.9. The fraction of sp³-hybridized carbons (Fsp3) is 0.909. The van der Waals surface area contributed by atoms with E-state index in [1.54, 1.807) is 0 Å². The lowest BCUT2D eigenvalue weighted by Crippen LogP contribution is -2.62. The van der Waals surface area contributed by atoms with Crippen LogP contribution in [0, 0.1) is 0 Å². The molecular formula is C44H84N4O10. The average molecular weight is 829 g/mol. The Bertz CT molecular complexity index is 963. The number of hydrogen-bond acceptors (Lipinski definition) is 12. The second-order valence-electron chi connectivity index (χ2n) is 16.5. The third kappa shape index (κ3) is 27.4. The smallest absolute Gasteiger partial charge is 0.308 e. The fourth-order valence-electron chi connectivity index (χ4n) is 7.29. The van der Waals surface area contributed by atoms with E-state index in [9.17, 15) is 39.6 Å². The molecule has 0 saturated carbocycles. The summed E-state index contributed by atoms with van der Waals surface area (Å²) in [5.74, 6) is -2.58. The lowest BCUT2D eigenvalue weighted by Gasteiger charge is -2.29. The molecule has 58 heavy (non-hydrogen) atoms. The van der Waals surface area contributed by atoms with Crippen LogP contribution in [0.2, 0.25) is 0 Å². The molecule has 1 rings (SSSR count). The zero-order valence-electron chi connectivity index (χ0n) is 36.8. The second-order valence-corrected chi connectivity index (χ2v) is 16.5. The highest BCUT2D eigenvalue weighted by Gasteiger charge is 2.36. The van der Waals surface area contributed by atoms with Crippen molar-refractivity contribution in [1.29, 1.82) is 0 Å². The van der Waals surface area contributed by atoms with Crippen LogP contribution in [0.3, 0.4) is 0 Å². The largest absolute Gasteiger partial charge is 0.464 e. The second kappa shape index (κ2) is 34.4. The predicted octanol–water partition coefficient (Wildman–Crippen LogP) is 4.77. The van der Waals surface area contributed by atoms with E-state index in [1.165, 1.54) is 0 Å². The van der Waals surface area contributed by atoms with E-state index in [0.29, 0.717) is 65.0 Å². The Morgan fingerprint density at radius 3 is 1.03 bits per heavy atom. The monoisotopic (exact) mass is 829 g/mol. The fourth-order valence-corrected chi connectivity index (χ4v) is 7.29. The van der Waals surface area contributed by atoms with Gasteiger partial charge in [-0.25, -0.2) is 0 Å². The zero-order valence-corrected chi connectivity index (χ0v) is 36.8. The van der Waals surface area contributed by atoms with Gasteiger partial charge in [0.2, 0.25) is 11.8 Å². The summed E-state index contributed by atoms with van der Waals surface area (Å²) in [5, 5.41) is 47.7. The van der Waals surface area contributed by atoms with Crippen LogP contribution in [0.5, 0.6) is 0 Å². The number of piperazine rings is 1. The first-order valence-electron chi connectivity index (χ1n) is 23.0. The van der Waals surface area contributed by atoms with Crippen molar-refractivity contribution in [3.63, 3.8) is 0 Å². The Labute approximate surface area is 350 Å². The number of aliphatic hydroxyl groups is 4. The third-order valence-electron chi connectivity index (χ3n) is 10.8. The molecule has 0 aliphatic carbocycles. The standard InChI is InChI=1S/C44H84N4O10/c1-5-9-13-17-21-35(49)31-47(32-36(50)22-18-14-10-6-2)25-27-57-41(53)29-39-43(55)46-40(44(56)45-39)30-42(54)58-28-26-48(33-37(51)23-19-15-11-7-3)34-38(52)24-20-16-12-8-4/h35-40,49-52H,5-34H2,1-4H3,(H,45,56)(H,46,55). The number of unbranched alkanes of at least 4 members (excludes halogenated alkanes) is 12. The van der Waals surface area contributed by atoms with E-state index in [0.717, 1.165) is 103 Å². The Morgan fingerprint density at radius 1 is 0.500 bits per heavy atom. The van der Waals surface area contributed by atoms with Gasteiger partial charge in [0.1, 0.15) is 25.3 Å². The Hall–Kier alpha value is -2.36. The normalized spacial score (nSPS) is 17.8. The SMILES string of the molecule is CCCCCCC(O)CN(CCOC(=O)CC1NC(=O)C(CC(=O)OCCN(CC(O)CCCCCC)CC(O)CCCCCC)NC1=O)CC(O)CCCCCC. The molecule has 0 spiro atoms. The summed E-state index contributed by atoms with van der Waals surface area (Å²) in [4.78, 5) is 55.1. The van der Waals surface area contributed by atoms with E-state index < -0.39 is 60.3 Å². The number of carbonyl (C=O) groups is 4. The summed E-state index contributed by atoms with van der Waals surface area (Å²) in [5.41, 5.74) is 0. The van der Waals surface area contributed by atoms with E-state index in [4.69, 9.17) is 9.47 Å².